The van der Waals surface area contributed by atoms with Crippen LogP contribution in [-0.2, 0) is 5.60 Å². The molecule has 0 bridgehead atoms. The minimum atomic E-state index is -4.92. The zero-order valence-electron chi connectivity index (χ0n) is 14.9. The van der Waals surface area contributed by atoms with Gasteiger partial charge >= 0.3 is 6.18 Å². The van der Waals surface area contributed by atoms with Gasteiger partial charge in [-0.15, -0.1) is 0 Å². The molecule has 9 heteroatoms. The highest BCUT2D eigenvalue weighted by molar-refractivity contribution is 5.92. The number of hydrogen-bond acceptors (Lipinski definition) is 4. The number of fused-ring (bicyclic) bond motifs is 1. The number of ether oxygens (including phenoxy) is 2. The summed E-state index contributed by atoms with van der Waals surface area (Å²) in [4.78, 5) is 3.71. The van der Waals surface area contributed by atoms with Crippen LogP contribution in [0.4, 0.5) is 18.9 Å². The highest BCUT2D eigenvalue weighted by Crippen LogP contribution is 2.39. The smallest absolute Gasteiger partial charge is 0.423 e. The summed E-state index contributed by atoms with van der Waals surface area (Å²) in [6.07, 6.45) is -4.18. The van der Waals surface area contributed by atoms with Gasteiger partial charge < -0.3 is 25.6 Å². The van der Waals surface area contributed by atoms with Crippen molar-refractivity contribution < 1.29 is 27.8 Å². The summed E-state index contributed by atoms with van der Waals surface area (Å²) in [5, 5.41) is 13.0. The lowest BCUT2D eigenvalue weighted by Crippen LogP contribution is -2.45. The number of aliphatic hydroxyl groups is 1. The van der Waals surface area contributed by atoms with Crippen molar-refractivity contribution >= 4 is 11.6 Å². The molecule has 0 amide bonds. The van der Waals surface area contributed by atoms with Crippen LogP contribution in [0, 0.1) is 0 Å². The normalized spacial score (nSPS) is 16.8. The van der Waals surface area contributed by atoms with Crippen LogP contribution in [0.25, 0.3) is 0 Å². The Morgan fingerprint density at radius 3 is 2.43 bits per heavy atom. The number of nitrogens with zero attached hydrogens (tertiary/aromatic N) is 1. The topological polar surface area (TPSA) is 89.1 Å². The molecule has 2 aromatic rings. The average molecular weight is 395 g/mol. The van der Waals surface area contributed by atoms with Crippen molar-refractivity contribution in [1.82, 2.24) is 0 Å². The lowest BCUT2D eigenvalue weighted by atomic mass is 9.93. The first-order chi connectivity index (χ1) is 13.3. The number of anilines is 1. The van der Waals surface area contributed by atoms with Crippen LogP contribution in [-0.4, -0.2) is 37.0 Å². The maximum absolute atomic E-state index is 13.5. The fourth-order valence-corrected chi connectivity index (χ4v) is 2.69. The number of rotatable bonds is 4. The molecule has 0 spiro atoms. The van der Waals surface area contributed by atoms with Gasteiger partial charge in [-0.25, -0.2) is 4.99 Å². The number of guanidine groups is 1. The first kappa shape index (κ1) is 19.8. The minimum absolute atomic E-state index is 0.270. The van der Waals surface area contributed by atoms with E-state index in [1.165, 1.54) is 24.3 Å². The largest absolute Gasteiger partial charge is 0.490 e. The molecule has 3 rings (SSSR count). The number of halogens is 3. The molecule has 1 atom stereocenters. The predicted octanol–water partition coefficient (Wildman–Crippen LogP) is 3.02. The van der Waals surface area contributed by atoms with Crippen molar-refractivity contribution in [2.75, 3.05) is 25.1 Å². The summed E-state index contributed by atoms with van der Waals surface area (Å²) in [6, 6.07) is 11.7. The van der Waals surface area contributed by atoms with Gasteiger partial charge in [0.15, 0.2) is 17.5 Å². The van der Waals surface area contributed by atoms with E-state index in [0.717, 1.165) is 6.42 Å². The molecule has 0 aliphatic carbocycles. The third-order valence-electron chi connectivity index (χ3n) is 4.22. The minimum Gasteiger partial charge on any atom is -0.490 e. The first-order valence-corrected chi connectivity index (χ1v) is 8.61. The van der Waals surface area contributed by atoms with Crippen molar-refractivity contribution in [2.45, 2.75) is 18.2 Å². The van der Waals surface area contributed by atoms with Gasteiger partial charge in [-0.3, -0.25) is 0 Å². The lowest BCUT2D eigenvalue weighted by molar-refractivity contribution is -0.261. The van der Waals surface area contributed by atoms with E-state index >= 15 is 0 Å². The molecule has 0 radical (unpaired) electrons. The molecule has 1 heterocycles. The lowest BCUT2D eigenvalue weighted by Gasteiger charge is -2.29. The Bertz CT molecular complexity index is 843. The van der Waals surface area contributed by atoms with E-state index in [1.54, 1.807) is 24.3 Å². The molecule has 6 nitrogen and oxygen atoms in total. The number of nitrogens with two attached hydrogens (primary N) is 1. The summed E-state index contributed by atoms with van der Waals surface area (Å²) >= 11 is 0. The Hall–Kier alpha value is -2.94. The highest BCUT2D eigenvalue weighted by atomic mass is 19.4. The van der Waals surface area contributed by atoms with Crippen molar-refractivity contribution in [2.24, 2.45) is 10.7 Å². The van der Waals surface area contributed by atoms with Crippen LogP contribution in [0.2, 0.25) is 0 Å². The SMILES string of the molecule is NC(=NCC(O)(c1ccccc1)C(F)(F)F)Nc1ccc2c(c1)OCCCO2. The highest BCUT2D eigenvalue weighted by Gasteiger charge is 2.55. The second-order valence-electron chi connectivity index (χ2n) is 6.26. The van der Waals surface area contributed by atoms with Gasteiger partial charge in [0.05, 0.1) is 19.8 Å². The second-order valence-corrected chi connectivity index (χ2v) is 6.26. The summed E-state index contributed by atoms with van der Waals surface area (Å²) in [7, 11) is 0. The summed E-state index contributed by atoms with van der Waals surface area (Å²) in [6.45, 7) is 0.0541. The van der Waals surface area contributed by atoms with E-state index in [-0.39, 0.29) is 11.5 Å². The van der Waals surface area contributed by atoms with Gasteiger partial charge in [-0.2, -0.15) is 13.2 Å². The summed E-state index contributed by atoms with van der Waals surface area (Å²) < 4.78 is 51.5. The van der Waals surface area contributed by atoms with Gasteiger partial charge in [0, 0.05) is 18.2 Å². The van der Waals surface area contributed by atoms with Crippen LogP contribution in [0.5, 0.6) is 11.5 Å². The molecule has 28 heavy (non-hydrogen) atoms. The molecule has 0 saturated heterocycles. The Morgan fingerprint density at radius 1 is 1.07 bits per heavy atom. The Kier molecular flexibility index (Phi) is 5.64. The average Bonchev–Trinajstić information content (AvgIpc) is 2.91. The maximum atomic E-state index is 13.5. The molecular formula is C19H20F3N3O3. The molecule has 150 valence electrons. The Labute approximate surface area is 159 Å². The van der Waals surface area contributed by atoms with Crippen molar-refractivity contribution in [3.05, 3.63) is 54.1 Å². The molecule has 0 aromatic heterocycles. The number of aliphatic imine (C=N–C) groups is 1. The van der Waals surface area contributed by atoms with Gasteiger partial charge in [0.25, 0.3) is 0 Å². The van der Waals surface area contributed by atoms with Gasteiger partial charge in [0.2, 0.25) is 5.60 Å². The standard InChI is InChI=1S/C19H20F3N3O3/c20-19(21,22)18(26,13-5-2-1-3-6-13)12-24-17(23)25-14-7-8-15-16(11-14)28-10-4-9-27-15/h1-3,5-8,11,26H,4,9-10,12H2,(H3,23,24,25). The summed E-state index contributed by atoms with van der Waals surface area (Å²) in [5.41, 5.74) is 2.74. The van der Waals surface area contributed by atoms with E-state index in [9.17, 15) is 18.3 Å². The van der Waals surface area contributed by atoms with E-state index < -0.39 is 18.3 Å². The van der Waals surface area contributed by atoms with E-state index in [2.05, 4.69) is 10.3 Å². The number of nitrogens with one attached hydrogen (secondary N) is 1. The molecule has 4 N–H and O–H groups in total. The molecule has 2 aromatic carbocycles. The molecule has 0 fully saturated rings. The van der Waals surface area contributed by atoms with Crippen molar-refractivity contribution in [3.63, 3.8) is 0 Å². The number of hydrogen-bond donors (Lipinski definition) is 3. The van der Waals surface area contributed by atoms with Crippen LogP contribution in [0.1, 0.15) is 12.0 Å². The predicted molar refractivity (Wildman–Crippen MR) is 98.6 cm³/mol. The number of alkyl halides is 3. The quantitative estimate of drug-likeness (QED) is 0.547. The third kappa shape index (κ3) is 4.30. The molecule has 1 unspecified atom stereocenters. The van der Waals surface area contributed by atoms with Crippen molar-refractivity contribution in [3.8, 4) is 11.5 Å². The second kappa shape index (κ2) is 7.97. The van der Waals surface area contributed by atoms with Gasteiger partial charge in [0.1, 0.15) is 0 Å². The van der Waals surface area contributed by atoms with Crippen LogP contribution in [0.15, 0.2) is 53.5 Å². The summed E-state index contributed by atoms with van der Waals surface area (Å²) in [5.74, 6) is 0.813. The van der Waals surface area contributed by atoms with E-state index in [4.69, 9.17) is 15.2 Å². The fourth-order valence-electron chi connectivity index (χ4n) is 2.69. The monoisotopic (exact) mass is 395 g/mol. The molecule has 1 aliphatic rings. The number of benzene rings is 2. The van der Waals surface area contributed by atoms with E-state index in [0.29, 0.717) is 30.4 Å². The maximum Gasteiger partial charge on any atom is 0.423 e. The van der Waals surface area contributed by atoms with Crippen LogP contribution in [0.3, 0.4) is 0 Å². The van der Waals surface area contributed by atoms with Crippen LogP contribution >= 0.6 is 0 Å². The zero-order chi connectivity index (χ0) is 20.2. The van der Waals surface area contributed by atoms with Gasteiger partial charge in [-0.1, -0.05) is 30.3 Å². The van der Waals surface area contributed by atoms with Crippen LogP contribution < -0.4 is 20.5 Å². The molecular weight excluding hydrogens is 375 g/mol. The molecule has 0 saturated carbocycles. The van der Waals surface area contributed by atoms with Crippen molar-refractivity contribution in [1.29, 1.82) is 0 Å². The van der Waals surface area contributed by atoms with E-state index in [1.807, 2.05) is 0 Å². The Morgan fingerprint density at radius 2 is 1.75 bits per heavy atom. The Balaban J connectivity index is 1.76. The first-order valence-electron chi connectivity index (χ1n) is 8.61. The third-order valence-corrected chi connectivity index (χ3v) is 4.22. The molecule has 1 aliphatic heterocycles. The fraction of sp³-hybridized carbons (Fsp3) is 0.316. The van der Waals surface area contributed by atoms with Gasteiger partial charge in [-0.05, 0) is 17.7 Å². The zero-order valence-corrected chi connectivity index (χ0v) is 14.9.